The number of carbonyl (C=O) groups excluding carboxylic acids is 1. The van der Waals surface area contributed by atoms with Crippen LogP contribution in [-0.4, -0.2) is 15.7 Å². The third-order valence-corrected chi connectivity index (χ3v) is 3.09. The molecule has 1 heterocycles. The molecule has 2 aromatic rings. The molecule has 19 heavy (non-hydrogen) atoms. The van der Waals surface area contributed by atoms with E-state index in [0.717, 1.165) is 12.0 Å². The summed E-state index contributed by atoms with van der Waals surface area (Å²) >= 11 is 5.97. The quantitative estimate of drug-likeness (QED) is 0.913. The molecule has 0 unspecified atom stereocenters. The van der Waals surface area contributed by atoms with Crippen molar-refractivity contribution < 1.29 is 4.79 Å². The van der Waals surface area contributed by atoms with E-state index >= 15 is 0 Å². The maximum atomic E-state index is 11.9. The number of halogens is 1. The van der Waals surface area contributed by atoms with Crippen molar-refractivity contribution in [2.24, 2.45) is 0 Å². The van der Waals surface area contributed by atoms with E-state index < -0.39 is 0 Å². The molecule has 1 N–H and O–H groups in total. The standard InChI is InChI=1S/C14H16ClN3O/c1-2-13(11-5-3-6-12(15)9-11)17-14(19)10-18-8-4-7-16-18/h3-9,13H,2,10H2,1H3,(H,17,19)/t13-/m1/s1. The van der Waals surface area contributed by atoms with Crippen LogP contribution in [0.2, 0.25) is 5.02 Å². The SMILES string of the molecule is CC[C@@H](NC(=O)Cn1cccn1)c1cccc(Cl)c1. The Morgan fingerprint density at radius 2 is 2.32 bits per heavy atom. The molecular formula is C14H16ClN3O. The summed E-state index contributed by atoms with van der Waals surface area (Å²) in [5.41, 5.74) is 1.02. The molecule has 0 aliphatic carbocycles. The molecule has 5 heteroatoms. The lowest BCUT2D eigenvalue weighted by Gasteiger charge is -2.17. The molecule has 2 rings (SSSR count). The van der Waals surface area contributed by atoms with Crippen molar-refractivity contribution in [2.45, 2.75) is 25.9 Å². The summed E-state index contributed by atoms with van der Waals surface area (Å²) in [6.45, 7) is 2.25. The number of aromatic nitrogens is 2. The highest BCUT2D eigenvalue weighted by Crippen LogP contribution is 2.20. The van der Waals surface area contributed by atoms with Crippen LogP contribution in [-0.2, 0) is 11.3 Å². The van der Waals surface area contributed by atoms with Gasteiger partial charge in [-0.3, -0.25) is 9.48 Å². The molecular weight excluding hydrogens is 262 g/mol. The van der Waals surface area contributed by atoms with E-state index in [2.05, 4.69) is 10.4 Å². The zero-order valence-corrected chi connectivity index (χ0v) is 11.5. The second-order valence-corrected chi connectivity index (χ2v) is 4.72. The lowest BCUT2D eigenvalue weighted by Crippen LogP contribution is -2.31. The third-order valence-electron chi connectivity index (χ3n) is 2.86. The molecule has 0 spiro atoms. The van der Waals surface area contributed by atoms with Crippen molar-refractivity contribution in [1.82, 2.24) is 15.1 Å². The van der Waals surface area contributed by atoms with Gasteiger partial charge in [-0.1, -0.05) is 30.7 Å². The number of nitrogens with one attached hydrogen (secondary N) is 1. The van der Waals surface area contributed by atoms with Crippen LogP contribution >= 0.6 is 11.6 Å². The summed E-state index contributed by atoms with van der Waals surface area (Å²) in [5, 5.41) is 7.68. The van der Waals surface area contributed by atoms with Crippen LogP contribution in [0.5, 0.6) is 0 Å². The highest BCUT2D eigenvalue weighted by Gasteiger charge is 2.13. The van der Waals surface area contributed by atoms with E-state index in [0.29, 0.717) is 5.02 Å². The average Bonchev–Trinajstić information content (AvgIpc) is 2.88. The van der Waals surface area contributed by atoms with Crippen LogP contribution in [0.3, 0.4) is 0 Å². The fourth-order valence-electron chi connectivity index (χ4n) is 1.93. The lowest BCUT2D eigenvalue weighted by molar-refractivity contribution is -0.122. The van der Waals surface area contributed by atoms with Gasteiger partial charge in [0.15, 0.2) is 0 Å². The van der Waals surface area contributed by atoms with Crippen LogP contribution in [0.25, 0.3) is 0 Å². The van der Waals surface area contributed by atoms with Gasteiger partial charge in [-0.05, 0) is 30.2 Å². The minimum atomic E-state index is -0.0597. The third kappa shape index (κ3) is 3.83. The summed E-state index contributed by atoms with van der Waals surface area (Å²) in [6.07, 6.45) is 4.23. The maximum Gasteiger partial charge on any atom is 0.242 e. The largest absolute Gasteiger partial charge is 0.348 e. The summed E-state index contributed by atoms with van der Waals surface area (Å²) in [7, 11) is 0. The van der Waals surface area contributed by atoms with Gasteiger partial charge in [-0.15, -0.1) is 0 Å². The number of carbonyl (C=O) groups is 1. The van der Waals surface area contributed by atoms with Crippen LogP contribution in [0.1, 0.15) is 24.9 Å². The first-order chi connectivity index (χ1) is 9.19. The van der Waals surface area contributed by atoms with Crippen molar-refractivity contribution in [3.05, 3.63) is 53.3 Å². The molecule has 4 nitrogen and oxygen atoms in total. The molecule has 0 saturated carbocycles. The number of benzene rings is 1. The Hall–Kier alpha value is -1.81. The van der Waals surface area contributed by atoms with Gasteiger partial charge in [-0.25, -0.2) is 0 Å². The Balaban J connectivity index is 2.01. The topological polar surface area (TPSA) is 46.9 Å². The molecule has 1 amide bonds. The van der Waals surface area contributed by atoms with Crippen molar-refractivity contribution in [1.29, 1.82) is 0 Å². The van der Waals surface area contributed by atoms with Gasteiger partial charge in [0, 0.05) is 17.4 Å². The van der Waals surface area contributed by atoms with Crippen molar-refractivity contribution in [3.63, 3.8) is 0 Å². The highest BCUT2D eigenvalue weighted by molar-refractivity contribution is 6.30. The number of rotatable bonds is 5. The fraction of sp³-hybridized carbons (Fsp3) is 0.286. The summed E-state index contributed by atoms with van der Waals surface area (Å²) in [6, 6.07) is 9.32. The number of amides is 1. The first kappa shape index (κ1) is 13.6. The Bertz CT molecular complexity index is 539. The van der Waals surface area contributed by atoms with Crippen molar-refractivity contribution in [2.75, 3.05) is 0 Å². The first-order valence-electron chi connectivity index (χ1n) is 6.21. The van der Waals surface area contributed by atoms with E-state index in [1.165, 1.54) is 0 Å². The average molecular weight is 278 g/mol. The molecule has 100 valence electrons. The monoisotopic (exact) mass is 277 g/mol. The lowest BCUT2D eigenvalue weighted by atomic mass is 10.0. The molecule has 1 aromatic carbocycles. The molecule has 0 bridgehead atoms. The Labute approximate surface area is 117 Å². The molecule has 1 aromatic heterocycles. The van der Waals surface area contributed by atoms with Gasteiger partial charge in [-0.2, -0.15) is 5.10 Å². The second kappa shape index (κ2) is 6.38. The van der Waals surface area contributed by atoms with Crippen LogP contribution in [0, 0.1) is 0 Å². The minimum Gasteiger partial charge on any atom is -0.348 e. The van der Waals surface area contributed by atoms with E-state index in [1.54, 1.807) is 23.1 Å². The normalized spacial score (nSPS) is 12.1. The second-order valence-electron chi connectivity index (χ2n) is 4.29. The predicted octanol–water partition coefficient (Wildman–Crippen LogP) is 2.80. The molecule has 0 aliphatic rings. The van der Waals surface area contributed by atoms with Gasteiger partial charge in [0.25, 0.3) is 0 Å². The van der Waals surface area contributed by atoms with Gasteiger partial charge in [0.1, 0.15) is 6.54 Å². The fourth-order valence-corrected chi connectivity index (χ4v) is 2.12. The van der Waals surface area contributed by atoms with Gasteiger partial charge in [0.2, 0.25) is 5.91 Å². The number of hydrogen-bond acceptors (Lipinski definition) is 2. The van der Waals surface area contributed by atoms with Gasteiger partial charge in [0.05, 0.1) is 6.04 Å². The Morgan fingerprint density at radius 3 is 2.95 bits per heavy atom. The van der Waals surface area contributed by atoms with Crippen LogP contribution < -0.4 is 5.32 Å². The summed E-state index contributed by atoms with van der Waals surface area (Å²) in [5.74, 6) is -0.0597. The van der Waals surface area contributed by atoms with Crippen molar-refractivity contribution >= 4 is 17.5 Å². The zero-order chi connectivity index (χ0) is 13.7. The summed E-state index contributed by atoms with van der Waals surface area (Å²) < 4.78 is 1.60. The zero-order valence-electron chi connectivity index (χ0n) is 10.7. The number of hydrogen-bond donors (Lipinski definition) is 1. The molecule has 0 radical (unpaired) electrons. The minimum absolute atomic E-state index is 0.0261. The highest BCUT2D eigenvalue weighted by atomic mass is 35.5. The van der Waals surface area contributed by atoms with Crippen LogP contribution in [0.15, 0.2) is 42.7 Å². The Kier molecular flexibility index (Phi) is 4.58. The van der Waals surface area contributed by atoms with Crippen molar-refractivity contribution in [3.8, 4) is 0 Å². The predicted molar refractivity (Wildman–Crippen MR) is 74.9 cm³/mol. The first-order valence-corrected chi connectivity index (χ1v) is 6.59. The van der Waals surface area contributed by atoms with E-state index in [-0.39, 0.29) is 18.5 Å². The number of nitrogens with zero attached hydrogens (tertiary/aromatic N) is 2. The maximum absolute atomic E-state index is 11.9. The van der Waals surface area contributed by atoms with E-state index in [9.17, 15) is 4.79 Å². The molecule has 0 saturated heterocycles. The van der Waals surface area contributed by atoms with E-state index in [1.807, 2.05) is 31.2 Å². The smallest absolute Gasteiger partial charge is 0.242 e. The van der Waals surface area contributed by atoms with Gasteiger partial charge >= 0.3 is 0 Å². The summed E-state index contributed by atoms with van der Waals surface area (Å²) in [4.78, 5) is 11.9. The molecule has 0 aliphatic heterocycles. The van der Waals surface area contributed by atoms with E-state index in [4.69, 9.17) is 11.6 Å². The Morgan fingerprint density at radius 1 is 1.47 bits per heavy atom. The molecule has 0 fully saturated rings. The molecule has 1 atom stereocenters. The van der Waals surface area contributed by atoms with Crippen LogP contribution in [0.4, 0.5) is 0 Å². The van der Waals surface area contributed by atoms with Gasteiger partial charge < -0.3 is 5.32 Å².